The SMILES string of the molecule is CCCC(C)C(=O)OCC(C)CC. The van der Waals surface area contributed by atoms with E-state index in [4.69, 9.17) is 4.74 Å². The van der Waals surface area contributed by atoms with Crippen molar-refractivity contribution in [2.75, 3.05) is 6.61 Å². The summed E-state index contributed by atoms with van der Waals surface area (Å²) in [6.45, 7) is 8.79. The molecule has 0 saturated heterocycles. The number of esters is 1. The third kappa shape index (κ3) is 5.67. The Kier molecular flexibility index (Phi) is 6.65. The van der Waals surface area contributed by atoms with Crippen molar-refractivity contribution in [1.82, 2.24) is 0 Å². The molecule has 0 saturated carbocycles. The molecule has 13 heavy (non-hydrogen) atoms. The minimum atomic E-state index is -0.0397. The van der Waals surface area contributed by atoms with E-state index < -0.39 is 0 Å². The van der Waals surface area contributed by atoms with Crippen LogP contribution in [0, 0.1) is 11.8 Å². The molecule has 0 aromatic heterocycles. The minimum absolute atomic E-state index is 0.0397. The second kappa shape index (κ2) is 6.93. The zero-order valence-electron chi connectivity index (χ0n) is 9.30. The molecule has 78 valence electrons. The summed E-state index contributed by atoms with van der Waals surface area (Å²) in [5, 5.41) is 0. The first-order valence-corrected chi connectivity index (χ1v) is 5.28. The van der Waals surface area contributed by atoms with Crippen LogP contribution in [0.3, 0.4) is 0 Å². The van der Waals surface area contributed by atoms with Crippen LogP contribution in [-0.2, 0) is 9.53 Å². The van der Waals surface area contributed by atoms with Gasteiger partial charge in [-0.1, -0.05) is 40.5 Å². The maximum absolute atomic E-state index is 11.3. The Balaban J connectivity index is 3.61. The van der Waals surface area contributed by atoms with Crippen molar-refractivity contribution in [2.24, 2.45) is 11.8 Å². The normalized spacial score (nSPS) is 15.1. The Morgan fingerprint density at radius 3 is 2.38 bits per heavy atom. The van der Waals surface area contributed by atoms with Gasteiger partial charge in [-0.3, -0.25) is 4.79 Å². The average Bonchev–Trinajstić information content (AvgIpc) is 2.13. The Hall–Kier alpha value is -0.530. The van der Waals surface area contributed by atoms with Gasteiger partial charge in [-0.05, 0) is 12.3 Å². The molecule has 0 aromatic carbocycles. The van der Waals surface area contributed by atoms with Crippen molar-refractivity contribution in [3.05, 3.63) is 0 Å². The highest BCUT2D eigenvalue weighted by Crippen LogP contribution is 2.09. The number of ether oxygens (including phenoxy) is 1. The molecule has 2 heteroatoms. The Labute approximate surface area is 81.7 Å². The molecule has 0 fully saturated rings. The van der Waals surface area contributed by atoms with Gasteiger partial charge in [0, 0.05) is 0 Å². The van der Waals surface area contributed by atoms with Crippen LogP contribution in [-0.4, -0.2) is 12.6 Å². The van der Waals surface area contributed by atoms with Gasteiger partial charge in [-0.15, -0.1) is 0 Å². The highest BCUT2D eigenvalue weighted by atomic mass is 16.5. The first-order valence-electron chi connectivity index (χ1n) is 5.28. The van der Waals surface area contributed by atoms with Gasteiger partial charge in [0.05, 0.1) is 12.5 Å². The van der Waals surface area contributed by atoms with Gasteiger partial charge in [-0.2, -0.15) is 0 Å². The van der Waals surface area contributed by atoms with E-state index in [2.05, 4.69) is 20.8 Å². The fourth-order valence-corrected chi connectivity index (χ4v) is 1.04. The maximum Gasteiger partial charge on any atom is 0.308 e. The first kappa shape index (κ1) is 12.5. The predicted octanol–water partition coefficient (Wildman–Crippen LogP) is 3.01. The zero-order chi connectivity index (χ0) is 10.3. The van der Waals surface area contributed by atoms with Gasteiger partial charge in [-0.25, -0.2) is 0 Å². The van der Waals surface area contributed by atoms with Crippen LogP contribution in [0.2, 0.25) is 0 Å². The van der Waals surface area contributed by atoms with Gasteiger partial charge in [0.2, 0.25) is 0 Å². The average molecular weight is 186 g/mol. The van der Waals surface area contributed by atoms with Crippen LogP contribution >= 0.6 is 0 Å². The monoisotopic (exact) mass is 186 g/mol. The summed E-state index contributed by atoms with van der Waals surface area (Å²) in [6, 6.07) is 0. The third-order valence-electron chi connectivity index (χ3n) is 2.33. The molecule has 2 nitrogen and oxygen atoms in total. The quantitative estimate of drug-likeness (QED) is 0.596. The van der Waals surface area contributed by atoms with Crippen LogP contribution in [0.5, 0.6) is 0 Å². The second-order valence-corrected chi connectivity index (χ2v) is 3.83. The van der Waals surface area contributed by atoms with E-state index in [1.54, 1.807) is 0 Å². The zero-order valence-corrected chi connectivity index (χ0v) is 9.30. The lowest BCUT2D eigenvalue weighted by Crippen LogP contribution is -2.17. The molecule has 0 spiro atoms. The van der Waals surface area contributed by atoms with Crippen molar-refractivity contribution < 1.29 is 9.53 Å². The predicted molar refractivity (Wildman–Crippen MR) is 54.5 cm³/mol. The number of hydrogen-bond donors (Lipinski definition) is 0. The van der Waals surface area contributed by atoms with E-state index in [1.165, 1.54) is 0 Å². The van der Waals surface area contributed by atoms with E-state index in [9.17, 15) is 4.79 Å². The maximum atomic E-state index is 11.3. The van der Waals surface area contributed by atoms with E-state index in [1.807, 2.05) is 6.92 Å². The van der Waals surface area contributed by atoms with Gasteiger partial charge in [0.25, 0.3) is 0 Å². The standard InChI is InChI=1S/C11H22O2/c1-5-7-10(4)11(12)13-8-9(3)6-2/h9-10H,5-8H2,1-4H3. The summed E-state index contributed by atoms with van der Waals surface area (Å²) in [5.41, 5.74) is 0. The van der Waals surface area contributed by atoms with E-state index in [0.717, 1.165) is 19.3 Å². The van der Waals surface area contributed by atoms with E-state index >= 15 is 0 Å². The molecule has 2 atom stereocenters. The van der Waals surface area contributed by atoms with Crippen molar-refractivity contribution >= 4 is 5.97 Å². The molecule has 0 radical (unpaired) electrons. The molecule has 0 bridgehead atoms. The molecule has 0 aliphatic carbocycles. The fourth-order valence-electron chi connectivity index (χ4n) is 1.04. The molecule has 0 N–H and O–H groups in total. The summed E-state index contributed by atoms with van der Waals surface area (Å²) in [7, 11) is 0. The molecular formula is C11H22O2. The van der Waals surface area contributed by atoms with Gasteiger partial charge in [0.15, 0.2) is 0 Å². The topological polar surface area (TPSA) is 26.3 Å². The van der Waals surface area contributed by atoms with Crippen LogP contribution in [0.15, 0.2) is 0 Å². The van der Waals surface area contributed by atoms with Crippen LogP contribution < -0.4 is 0 Å². The summed E-state index contributed by atoms with van der Waals surface area (Å²) in [6.07, 6.45) is 3.04. The minimum Gasteiger partial charge on any atom is -0.465 e. The fraction of sp³-hybridized carbons (Fsp3) is 0.909. The molecule has 0 aliphatic heterocycles. The van der Waals surface area contributed by atoms with E-state index in [0.29, 0.717) is 12.5 Å². The van der Waals surface area contributed by atoms with Crippen LogP contribution in [0.1, 0.15) is 47.0 Å². The molecule has 2 unspecified atom stereocenters. The summed E-state index contributed by atoms with van der Waals surface area (Å²) in [5.74, 6) is 0.508. The summed E-state index contributed by atoms with van der Waals surface area (Å²) >= 11 is 0. The van der Waals surface area contributed by atoms with Crippen molar-refractivity contribution in [2.45, 2.75) is 47.0 Å². The smallest absolute Gasteiger partial charge is 0.308 e. The Morgan fingerprint density at radius 2 is 1.92 bits per heavy atom. The highest BCUT2D eigenvalue weighted by Gasteiger charge is 2.13. The lowest BCUT2D eigenvalue weighted by molar-refractivity contribution is -0.149. The Bertz CT molecular complexity index is 143. The molecular weight excluding hydrogens is 164 g/mol. The lowest BCUT2D eigenvalue weighted by atomic mass is 10.1. The number of carbonyl (C=O) groups excluding carboxylic acids is 1. The second-order valence-electron chi connectivity index (χ2n) is 3.83. The van der Waals surface area contributed by atoms with Crippen LogP contribution in [0.25, 0.3) is 0 Å². The molecule has 0 amide bonds. The molecule has 0 aromatic rings. The highest BCUT2D eigenvalue weighted by molar-refractivity contribution is 5.71. The summed E-state index contributed by atoms with van der Waals surface area (Å²) in [4.78, 5) is 11.3. The van der Waals surface area contributed by atoms with E-state index in [-0.39, 0.29) is 11.9 Å². The lowest BCUT2D eigenvalue weighted by Gasteiger charge is -2.13. The number of hydrogen-bond acceptors (Lipinski definition) is 2. The van der Waals surface area contributed by atoms with Gasteiger partial charge >= 0.3 is 5.97 Å². The molecule has 0 heterocycles. The first-order chi connectivity index (χ1) is 6.11. The third-order valence-corrected chi connectivity index (χ3v) is 2.33. The summed E-state index contributed by atoms with van der Waals surface area (Å²) < 4.78 is 5.17. The Morgan fingerprint density at radius 1 is 1.31 bits per heavy atom. The van der Waals surface area contributed by atoms with Crippen molar-refractivity contribution in [3.8, 4) is 0 Å². The van der Waals surface area contributed by atoms with Crippen LogP contribution in [0.4, 0.5) is 0 Å². The molecule has 0 aliphatic rings. The van der Waals surface area contributed by atoms with Crippen molar-refractivity contribution in [3.63, 3.8) is 0 Å². The molecule has 0 rings (SSSR count). The number of rotatable bonds is 6. The largest absolute Gasteiger partial charge is 0.465 e. The van der Waals surface area contributed by atoms with Crippen molar-refractivity contribution in [1.29, 1.82) is 0 Å². The van der Waals surface area contributed by atoms with Gasteiger partial charge in [0.1, 0.15) is 0 Å². The van der Waals surface area contributed by atoms with Gasteiger partial charge < -0.3 is 4.74 Å². The number of carbonyl (C=O) groups is 1.